The van der Waals surface area contributed by atoms with E-state index in [1.54, 1.807) is 0 Å². The Morgan fingerprint density at radius 1 is 1.42 bits per heavy atom. The Morgan fingerprint density at radius 3 is 2.47 bits per heavy atom. The van der Waals surface area contributed by atoms with Crippen LogP contribution in [0.3, 0.4) is 0 Å². The van der Waals surface area contributed by atoms with Gasteiger partial charge in [-0.3, -0.25) is 10.1 Å². The summed E-state index contributed by atoms with van der Waals surface area (Å²) in [7, 11) is 0. The Labute approximate surface area is 120 Å². The van der Waals surface area contributed by atoms with Crippen LogP contribution in [0, 0.1) is 16.0 Å². The molecule has 104 valence electrons. The quantitative estimate of drug-likeness (QED) is 0.673. The molecule has 0 radical (unpaired) electrons. The molecule has 19 heavy (non-hydrogen) atoms. The molecule has 0 saturated carbocycles. The minimum atomic E-state index is -0.524. The van der Waals surface area contributed by atoms with Crippen molar-refractivity contribution in [3.05, 3.63) is 32.3 Å². The van der Waals surface area contributed by atoms with Crippen LogP contribution in [0.15, 0.2) is 12.1 Å². The predicted octanol–water partition coefficient (Wildman–Crippen LogP) is 3.11. The summed E-state index contributed by atoms with van der Waals surface area (Å²) in [5.74, 6) is 0.107. The number of anilines is 1. The van der Waals surface area contributed by atoms with Crippen LogP contribution >= 0.6 is 23.2 Å². The summed E-state index contributed by atoms with van der Waals surface area (Å²) in [6.07, 6.45) is 0.303. The van der Waals surface area contributed by atoms with Crippen molar-refractivity contribution in [3.63, 3.8) is 0 Å². The molecule has 0 bridgehead atoms. The molecule has 0 spiro atoms. The average Bonchev–Trinajstić information content (AvgIpc) is 2.32. The minimum absolute atomic E-state index is 0.107. The molecule has 1 fully saturated rings. The van der Waals surface area contributed by atoms with Gasteiger partial charge >= 0.3 is 0 Å². The monoisotopic (exact) mass is 304 g/mol. The van der Waals surface area contributed by atoms with Gasteiger partial charge in [-0.2, -0.15) is 0 Å². The van der Waals surface area contributed by atoms with E-state index in [2.05, 4.69) is 0 Å². The van der Waals surface area contributed by atoms with Gasteiger partial charge in [0.15, 0.2) is 0 Å². The van der Waals surface area contributed by atoms with E-state index in [1.807, 2.05) is 11.8 Å². The highest BCUT2D eigenvalue weighted by atomic mass is 35.5. The lowest BCUT2D eigenvalue weighted by atomic mass is 9.96. The minimum Gasteiger partial charge on any atom is -0.393 e. The fraction of sp³-hybridized carbons (Fsp3) is 0.500. The molecule has 1 aromatic rings. The molecule has 5 nitrogen and oxygen atoms in total. The van der Waals surface area contributed by atoms with E-state index >= 15 is 0 Å². The lowest BCUT2D eigenvalue weighted by Gasteiger charge is -2.36. The van der Waals surface area contributed by atoms with E-state index < -0.39 is 4.92 Å². The number of nitro benzene ring substituents is 1. The van der Waals surface area contributed by atoms with Crippen LogP contribution in [0.1, 0.15) is 13.3 Å². The van der Waals surface area contributed by atoms with E-state index in [4.69, 9.17) is 23.2 Å². The first-order valence-electron chi connectivity index (χ1n) is 5.96. The van der Waals surface area contributed by atoms with Gasteiger partial charge in [-0.25, -0.2) is 0 Å². The van der Waals surface area contributed by atoms with Crippen LogP contribution in [-0.4, -0.2) is 29.2 Å². The van der Waals surface area contributed by atoms with Crippen molar-refractivity contribution in [1.29, 1.82) is 0 Å². The number of aliphatic hydroxyl groups is 1. The number of nitrogens with zero attached hydrogens (tertiary/aromatic N) is 2. The first-order valence-corrected chi connectivity index (χ1v) is 6.72. The maximum atomic E-state index is 10.7. The summed E-state index contributed by atoms with van der Waals surface area (Å²) in [6, 6.07) is 2.61. The Kier molecular flexibility index (Phi) is 4.18. The summed E-state index contributed by atoms with van der Waals surface area (Å²) in [6.45, 7) is 3.20. The second-order valence-electron chi connectivity index (χ2n) is 4.79. The van der Waals surface area contributed by atoms with Crippen molar-refractivity contribution in [1.82, 2.24) is 0 Å². The van der Waals surface area contributed by atoms with Crippen molar-refractivity contribution < 1.29 is 10.0 Å². The third kappa shape index (κ3) is 2.94. The number of non-ortho nitro benzene ring substituents is 1. The lowest BCUT2D eigenvalue weighted by Crippen LogP contribution is -2.42. The van der Waals surface area contributed by atoms with Gasteiger partial charge < -0.3 is 10.0 Å². The molecule has 1 saturated heterocycles. The molecule has 2 unspecified atom stereocenters. The van der Waals surface area contributed by atoms with Gasteiger partial charge in [-0.1, -0.05) is 30.1 Å². The number of hydrogen-bond acceptors (Lipinski definition) is 4. The van der Waals surface area contributed by atoms with Crippen LogP contribution in [-0.2, 0) is 0 Å². The number of piperidine rings is 1. The number of hydrogen-bond donors (Lipinski definition) is 1. The van der Waals surface area contributed by atoms with Crippen molar-refractivity contribution in [2.24, 2.45) is 5.92 Å². The van der Waals surface area contributed by atoms with E-state index in [0.717, 1.165) is 0 Å². The molecule has 1 aliphatic rings. The zero-order valence-corrected chi connectivity index (χ0v) is 11.9. The number of nitro groups is 1. The van der Waals surface area contributed by atoms with Gasteiger partial charge in [0.1, 0.15) is 0 Å². The lowest BCUT2D eigenvalue weighted by molar-refractivity contribution is -0.384. The van der Waals surface area contributed by atoms with E-state index in [9.17, 15) is 15.2 Å². The molecule has 2 atom stereocenters. The number of benzene rings is 1. The largest absolute Gasteiger partial charge is 0.393 e. The summed E-state index contributed by atoms with van der Waals surface area (Å²) >= 11 is 12.2. The van der Waals surface area contributed by atoms with E-state index in [-0.39, 0.29) is 27.8 Å². The molecule has 7 heteroatoms. The van der Waals surface area contributed by atoms with Crippen LogP contribution in [0.4, 0.5) is 11.4 Å². The molecular weight excluding hydrogens is 291 g/mol. The van der Waals surface area contributed by atoms with Crippen LogP contribution in [0.2, 0.25) is 10.0 Å². The Hall–Kier alpha value is -1.04. The fourth-order valence-corrected chi connectivity index (χ4v) is 3.01. The van der Waals surface area contributed by atoms with Gasteiger partial charge in [0, 0.05) is 25.2 Å². The van der Waals surface area contributed by atoms with Gasteiger partial charge in [0.05, 0.1) is 26.8 Å². The Balaban J connectivity index is 2.33. The molecule has 2 rings (SSSR count). The molecular formula is C12H14Cl2N2O3. The van der Waals surface area contributed by atoms with Crippen molar-refractivity contribution in [2.45, 2.75) is 19.4 Å². The zero-order valence-electron chi connectivity index (χ0n) is 10.3. The molecule has 0 amide bonds. The second kappa shape index (κ2) is 5.53. The first kappa shape index (κ1) is 14.4. The summed E-state index contributed by atoms with van der Waals surface area (Å²) < 4.78 is 0. The van der Waals surface area contributed by atoms with E-state index in [0.29, 0.717) is 25.2 Å². The zero-order chi connectivity index (χ0) is 14.2. The summed E-state index contributed by atoms with van der Waals surface area (Å²) in [5, 5.41) is 21.0. The smallest absolute Gasteiger partial charge is 0.272 e. The highest BCUT2D eigenvalue weighted by Crippen LogP contribution is 2.39. The van der Waals surface area contributed by atoms with Crippen LogP contribution < -0.4 is 4.90 Å². The molecule has 0 aliphatic carbocycles. The van der Waals surface area contributed by atoms with Crippen LogP contribution in [0.25, 0.3) is 0 Å². The van der Waals surface area contributed by atoms with E-state index in [1.165, 1.54) is 12.1 Å². The third-order valence-corrected chi connectivity index (χ3v) is 3.96. The fourth-order valence-electron chi connectivity index (χ4n) is 2.30. The van der Waals surface area contributed by atoms with Gasteiger partial charge in [0.25, 0.3) is 5.69 Å². The topological polar surface area (TPSA) is 66.6 Å². The maximum absolute atomic E-state index is 10.7. The Bertz CT molecular complexity index is 487. The standard InChI is InChI=1S/C12H14Cl2N2O3/c1-7-6-15(3-2-11(7)17)12-9(13)4-8(16(18)19)5-10(12)14/h4-5,7,11,17H,2-3,6H2,1H3. The summed E-state index contributed by atoms with van der Waals surface area (Å²) in [5.41, 5.74) is 0.483. The average molecular weight is 305 g/mol. The van der Waals surface area contributed by atoms with Gasteiger partial charge in [-0.05, 0) is 12.3 Å². The van der Waals surface area contributed by atoms with Gasteiger partial charge in [0.2, 0.25) is 0 Å². The second-order valence-corrected chi connectivity index (χ2v) is 5.61. The maximum Gasteiger partial charge on any atom is 0.272 e. The van der Waals surface area contributed by atoms with Crippen molar-refractivity contribution in [2.75, 3.05) is 18.0 Å². The molecule has 0 aromatic heterocycles. The first-order chi connectivity index (χ1) is 8.90. The third-order valence-electron chi connectivity index (χ3n) is 3.39. The SMILES string of the molecule is CC1CN(c2c(Cl)cc([N+](=O)[O-])cc2Cl)CCC1O. The normalized spacial score (nSPS) is 23.5. The highest BCUT2D eigenvalue weighted by Gasteiger charge is 2.27. The van der Waals surface area contributed by atoms with Crippen molar-refractivity contribution >= 4 is 34.6 Å². The number of rotatable bonds is 2. The number of aliphatic hydroxyl groups excluding tert-OH is 1. The molecule has 1 N–H and O–H groups in total. The Morgan fingerprint density at radius 2 is 2.00 bits per heavy atom. The van der Waals surface area contributed by atoms with Crippen LogP contribution in [0.5, 0.6) is 0 Å². The number of halogens is 2. The predicted molar refractivity (Wildman–Crippen MR) is 75.1 cm³/mol. The summed E-state index contributed by atoms with van der Waals surface area (Å²) in [4.78, 5) is 12.2. The van der Waals surface area contributed by atoms with Gasteiger partial charge in [-0.15, -0.1) is 0 Å². The van der Waals surface area contributed by atoms with Crippen molar-refractivity contribution in [3.8, 4) is 0 Å². The molecule has 1 aromatic carbocycles. The molecule has 1 aliphatic heterocycles. The highest BCUT2D eigenvalue weighted by molar-refractivity contribution is 6.39. The molecule has 1 heterocycles.